The first-order chi connectivity index (χ1) is 8.83. The van der Waals surface area contributed by atoms with Crippen LogP contribution in [0.2, 0.25) is 0 Å². The lowest BCUT2D eigenvalue weighted by Crippen LogP contribution is -2.38. The van der Waals surface area contributed by atoms with Crippen LogP contribution in [0.15, 0.2) is 0 Å². The maximum absolute atomic E-state index is 12.1. The first kappa shape index (κ1) is 14.8. The Labute approximate surface area is 116 Å². The van der Waals surface area contributed by atoms with E-state index in [4.69, 9.17) is 0 Å². The first-order valence-electron chi connectivity index (χ1n) is 7.38. The predicted octanol–water partition coefficient (Wildman–Crippen LogP) is 2.30. The molecule has 5 heteroatoms. The highest BCUT2D eigenvalue weighted by Gasteiger charge is 2.55. The van der Waals surface area contributed by atoms with Gasteiger partial charge in [0.25, 0.3) is 0 Å². The molecule has 4 nitrogen and oxygen atoms in total. The number of sulfonamides is 1. The van der Waals surface area contributed by atoms with Crippen LogP contribution in [0.3, 0.4) is 0 Å². The molecule has 2 saturated carbocycles. The minimum Gasteiger partial charge on any atom is -0.274 e. The Balaban J connectivity index is 1.91. The lowest BCUT2D eigenvalue weighted by molar-refractivity contribution is -0.121. The van der Waals surface area contributed by atoms with E-state index < -0.39 is 15.3 Å². The van der Waals surface area contributed by atoms with Gasteiger partial charge in [-0.05, 0) is 43.9 Å². The van der Waals surface area contributed by atoms with Crippen LogP contribution in [-0.4, -0.2) is 19.6 Å². The van der Waals surface area contributed by atoms with E-state index in [0.717, 1.165) is 12.8 Å². The third kappa shape index (κ3) is 3.30. The molecule has 0 aromatic carbocycles. The van der Waals surface area contributed by atoms with Gasteiger partial charge in [0.2, 0.25) is 15.9 Å². The van der Waals surface area contributed by atoms with Gasteiger partial charge in [0.15, 0.2) is 0 Å². The van der Waals surface area contributed by atoms with Gasteiger partial charge in [0, 0.05) is 5.92 Å². The normalized spacial score (nSPS) is 31.7. The fraction of sp³-hybridized carbons (Fsp3) is 0.929. The fourth-order valence-corrected chi connectivity index (χ4v) is 4.74. The van der Waals surface area contributed by atoms with Crippen molar-refractivity contribution < 1.29 is 13.2 Å². The summed E-state index contributed by atoms with van der Waals surface area (Å²) in [5.41, 5.74) is 0. The van der Waals surface area contributed by atoms with Crippen molar-refractivity contribution in [2.75, 3.05) is 0 Å². The second kappa shape index (κ2) is 5.43. The Morgan fingerprint density at radius 1 is 1.16 bits per heavy atom. The molecule has 2 aliphatic carbocycles. The summed E-state index contributed by atoms with van der Waals surface area (Å²) in [6.07, 6.45) is 5.12. The third-order valence-electron chi connectivity index (χ3n) is 4.54. The van der Waals surface area contributed by atoms with Crippen molar-refractivity contribution in [1.82, 2.24) is 4.72 Å². The van der Waals surface area contributed by atoms with E-state index in [-0.39, 0.29) is 11.8 Å². The first-order valence-corrected chi connectivity index (χ1v) is 8.93. The second-order valence-corrected chi connectivity index (χ2v) is 8.69. The van der Waals surface area contributed by atoms with Crippen molar-refractivity contribution in [3.63, 3.8) is 0 Å². The summed E-state index contributed by atoms with van der Waals surface area (Å²) in [4.78, 5) is 12.1. The SMILES string of the molecule is CC(C)C[C@@H](C)S(=O)(=O)NC(=O)C1[C@H]2CCCC[C@@H]12. The number of nitrogens with one attached hydrogen (secondary N) is 1. The highest BCUT2D eigenvalue weighted by atomic mass is 32.2. The van der Waals surface area contributed by atoms with Crippen LogP contribution in [0, 0.1) is 23.7 Å². The fourth-order valence-electron chi connectivity index (χ4n) is 3.48. The number of hydrogen-bond donors (Lipinski definition) is 1. The Hall–Kier alpha value is -0.580. The van der Waals surface area contributed by atoms with Gasteiger partial charge in [-0.25, -0.2) is 8.42 Å². The Kier molecular flexibility index (Phi) is 4.23. The standard InChI is InChI=1S/C14H25NO3S/c1-9(2)8-10(3)19(17,18)15-14(16)13-11-6-4-5-7-12(11)13/h9-13H,4-8H2,1-3H3,(H,15,16)/t10-,11-,12+,13?/m1/s1. The van der Waals surface area contributed by atoms with Gasteiger partial charge in [-0.2, -0.15) is 0 Å². The lowest BCUT2D eigenvalue weighted by atomic mass is 10.0. The molecule has 0 radical (unpaired) electrons. The monoisotopic (exact) mass is 287 g/mol. The second-order valence-electron chi connectivity index (χ2n) is 6.59. The molecule has 0 aromatic heterocycles. The molecule has 1 N–H and O–H groups in total. The van der Waals surface area contributed by atoms with E-state index in [1.807, 2.05) is 13.8 Å². The summed E-state index contributed by atoms with van der Waals surface area (Å²) in [6.45, 7) is 5.65. The average Bonchev–Trinajstić information content (AvgIpc) is 3.01. The van der Waals surface area contributed by atoms with E-state index >= 15 is 0 Å². The zero-order valence-corrected chi connectivity index (χ0v) is 12.9. The Bertz CT molecular complexity index is 432. The predicted molar refractivity (Wildman–Crippen MR) is 74.9 cm³/mol. The van der Waals surface area contributed by atoms with Gasteiger partial charge in [-0.15, -0.1) is 0 Å². The van der Waals surface area contributed by atoms with Crippen LogP contribution in [0.4, 0.5) is 0 Å². The van der Waals surface area contributed by atoms with Gasteiger partial charge < -0.3 is 0 Å². The molecule has 1 unspecified atom stereocenters. The van der Waals surface area contributed by atoms with Gasteiger partial charge in [0.05, 0.1) is 5.25 Å². The molecule has 2 fully saturated rings. The van der Waals surface area contributed by atoms with Gasteiger partial charge in [-0.1, -0.05) is 26.7 Å². The van der Waals surface area contributed by atoms with Gasteiger partial charge in [-0.3, -0.25) is 9.52 Å². The summed E-state index contributed by atoms with van der Waals surface area (Å²) >= 11 is 0. The Morgan fingerprint density at radius 3 is 2.16 bits per heavy atom. The van der Waals surface area contributed by atoms with Crippen molar-refractivity contribution in [2.24, 2.45) is 23.7 Å². The number of rotatable bonds is 5. The molecule has 2 aliphatic rings. The van der Waals surface area contributed by atoms with E-state index in [1.165, 1.54) is 12.8 Å². The van der Waals surface area contributed by atoms with Crippen molar-refractivity contribution in [3.8, 4) is 0 Å². The molecule has 0 saturated heterocycles. The summed E-state index contributed by atoms with van der Waals surface area (Å²) in [5.74, 6) is 0.912. The van der Waals surface area contributed by atoms with Crippen molar-refractivity contribution >= 4 is 15.9 Å². The summed E-state index contributed by atoms with van der Waals surface area (Å²) < 4.78 is 26.5. The van der Waals surface area contributed by atoms with Crippen LogP contribution in [0.1, 0.15) is 52.9 Å². The number of amides is 1. The lowest BCUT2D eigenvalue weighted by Gasteiger charge is -2.15. The van der Waals surface area contributed by atoms with E-state index in [0.29, 0.717) is 24.2 Å². The quantitative estimate of drug-likeness (QED) is 0.844. The van der Waals surface area contributed by atoms with Crippen molar-refractivity contribution in [3.05, 3.63) is 0 Å². The molecular formula is C14H25NO3S. The highest BCUT2D eigenvalue weighted by Crippen LogP contribution is 2.55. The number of carbonyl (C=O) groups excluding carboxylic acids is 1. The molecule has 0 heterocycles. The molecule has 0 bridgehead atoms. The largest absolute Gasteiger partial charge is 0.274 e. The van der Waals surface area contributed by atoms with Crippen LogP contribution >= 0.6 is 0 Å². The molecule has 4 atom stereocenters. The maximum Gasteiger partial charge on any atom is 0.237 e. The zero-order chi connectivity index (χ0) is 14.2. The van der Waals surface area contributed by atoms with E-state index in [1.54, 1.807) is 6.92 Å². The van der Waals surface area contributed by atoms with E-state index in [2.05, 4.69) is 4.72 Å². The molecule has 0 aliphatic heterocycles. The van der Waals surface area contributed by atoms with Gasteiger partial charge >= 0.3 is 0 Å². The minimum absolute atomic E-state index is 0.0384. The molecule has 110 valence electrons. The summed E-state index contributed by atoms with van der Waals surface area (Å²) in [7, 11) is -3.50. The highest BCUT2D eigenvalue weighted by molar-refractivity contribution is 7.90. The molecule has 1 amide bonds. The topological polar surface area (TPSA) is 63.2 Å². The maximum atomic E-state index is 12.1. The molecule has 19 heavy (non-hydrogen) atoms. The number of hydrogen-bond acceptors (Lipinski definition) is 3. The molecule has 0 spiro atoms. The third-order valence-corrected chi connectivity index (χ3v) is 6.27. The minimum atomic E-state index is -3.50. The van der Waals surface area contributed by atoms with Crippen LogP contribution < -0.4 is 4.72 Å². The van der Waals surface area contributed by atoms with Crippen molar-refractivity contribution in [2.45, 2.75) is 58.1 Å². The molecule has 2 rings (SSSR count). The zero-order valence-electron chi connectivity index (χ0n) is 12.1. The average molecular weight is 287 g/mol. The summed E-state index contributed by atoms with van der Waals surface area (Å²) in [6, 6.07) is 0. The van der Waals surface area contributed by atoms with Crippen molar-refractivity contribution in [1.29, 1.82) is 0 Å². The van der Waals surface area contributed by atoms with Crippen LogP contribution in [0.5, 0.6) is 0 Å². The Morgan fingerprint density at radius 2 is 1.68 bits per heavy atom. The van der Waals surface area contributed by atoms with Crippen LogP contribution in [0.25, 0.3) is 0 Å². The van der Waals surface area contributed by atoms with E-state index in [9.17, 15) is 13.2 Å². The number of carbonyl (C=O) groups is 1. The summed E-state index contributed by atoms with van der Waals surface area (Å²) in [5, 5.41) is -0.503. The smallest absolute Gasteiger partial charge is 0.237 e. The van der Waals surface area contributed by atoms with Crippen LogP contribution in [-0.2, 0) is 14.8 Å². The molecular weight excluding hydrogens is 262 g/mol. The van der Waals surface area contributed by atoms with Gasteiger partial charge in [0.1, 0.15) is 0 Å². The molecule has 0 aromatic rings. The number of fused-ring (bicyclic) bond motifs is 1.